The molecule has 4 heteroatoms. The fraction of sp³-hybridized carbons (Fsp3) is 1.00. The lowest BCUT2D eigenvalue weighted by molar-refractivity contribution is -0.0468. The van der Waals surface area contributed by atoms with Gasteiger partial charge in [0.2, 0.25) is 0 Å². The first kappa shape index (κ1) is 11.9. The highest BCUT2D eigenvalue weighted by Crippen LogP contribution is 2.37. The highest BCUT2D eigenvalue weighted by atomic mass is 16.3. The van der Waals surface area contributed by atoms with Crippen LogP contribution in [0, 0.1) is 0 Å². The van der Waals surface area contributed by atoms with Gasteiger partial charge in [0.15, 0.2) is 0 Å². The van der Waals surface area contributed by atoms with E-state index in [0.717, 1.165) is 38.8 Å². The summed E-state index contributed by atoms with van der Waals surface area (Å²) in [6.45, 7) is 2.91. The fourth-order valence-electron chi connectivity index (χ4n) is 2.39. The molecule has 0 radical (unpaired) electrons. The van der Waals surface area contributed by atoms with Gasteiger partial charge in [0.05, 0.1) is 6.61 Å². The predicted octanol–water partition coefficient (Wildman–Crippen LogP) is -0.455. The van der Waals surface area contributed by atoms with Crippen LogP contribution in [0.25, 0.3) is 0 Å². The third-order valence-electron chi connectivity index (χ3n) is 3.31. The number of aliphatic hydroxyl groups is 2. The van der Waals surface area contributed by atoms with E-state index in [1.165, 1.54) is 0 Å². The van der Waals surface area contributed by atoms with Gasteiger partial charge in [-0.1, -0.05) is 0 Å². The first-order chi connectivity index (χ1) is 6.79. The van der Waals surface area contributed by atoms with E-state index in [2.05, 4.69) is 4.90 Å². The van der Waals surface area contributed by atoms with Crippen molar-refractivity contribution in [2.24, 2.45) is 5.73 Å². The summed E-state index contributed by atoms with van der Waals surface area (Å²) >= 11 is 0. The summed E-state index contributed by atoms with van der Waals surface area (Å²) in [6.07, 6.45) is 3.99. The average molecular weight is 202 g/mol. The van der Waals surface area contributed by atoms with Crippen LogP contribution in [0.3, 0.4) is 0 Å². The first-order valence-corrected chi connectivity index (χ1v) is 5.46. The summed E-state index contributed by atoms with van der Waals surface area (Å²) < 4.78 is 0. The number of aliphatic hydroxyl groups excluding tert-OH is 2. The number of nitrogens with two attached hydrogens (primary N) is 1. The zero-order valence-corrected chi connectivity index (χ0v) is 8.78. The quantitative estimate of drug-likeness (QED) is 0.523. The van der Waals surface area contributed by atoms with Crippen molar-refractivity contribution in [2.45, 2.75) is 31.2 Å². The molecular formula is C10H22N2O2. The van der Waals surface area contributed by atoms with Gasteiger partial charge in [0.25, 0.3) is 0 Å². The number of hydrogen-bond acceptors (Lipinski definition) is 4. The van der Waals surface area contributed by atoms with E-state index in [0.29, 0.717) is 6.54 Å². The van der Waals surface area contributed by atoms with Crippen LogP contribution in [-0.2, 0) is 0 Å². The van der Waals surface area contributed by atoms with Gasteiger partial charge in [-0.25, -0.2) is 0 Å². The van der Waals surface area contributed by atoms with E-state index in [1.54, 1.807) is 0 Å². The molecule has 1 aliphatic rings. The number of β-amino-alcohol motifs (C(OH)–C–C–N with tert-alkyl or cyclic N) is 1. The normalized spacial score (nSPS) is 27.6. The maximum atomic E-state index is 9.03. The van der Waals surface area contributed by atoms with Crippen LogP contribution in [0.15, 0.2) is 0 Å². The van der Waals surface area contributed by atoms with Crippen molar-refractivity contribution in [3.8, 4) is 0 Å². The zero-order chi connectivity index (χ0) is 10.4. The Hall–Kier alpha value is -0.160. The zero-order valence-electron chi connectivity index (χ0n) is 8.78. The molecule has 0 amide bonds. The van der Waals surface area contributed by atoms with Gasteiger partial charge in [-0.2, -0.15) is 0 Å². The Morgan fingerprint density at radius 3 is 2.43 bits per heavy atom. The summed E-state index contributed by atoms with van der Waals surface area (Å²) in [5.41, 5.74) is 5.64. The predicted molar refractivity (Wildman–Crippen MR) is 56.0 cm³/mol. The molecule has 0 spiro atoms. The number of hydrogen-bond donors (Lipinski definition) is 3. The molecule has 14 heavy (non-hydrogen) atoms. The fourth-order valence-corrected chi connectivity index (χ4v) is 2.39. The largest absolute Gasteiger partial charge is 0.396 e. The van der Waals surface area contributed by atoms with E-state index in [1.807, 2.05) is 0 Å². The molecule has 0 aliphatic carbocycles. The molecule has 1 heterocycles. The van der Waals surface area contributed by atoms with E-state index in [-0.39, 0.29) is 18.8 Å². The molecule has 4 N–H and O–H groups in total. The monoisotopic (exact) mass is 202 g/mol. The SMILES string of the molecule is NCCCC1(CCO)CCN1CCO. The van der Waals surface area contributed by atoms with Gasteiger partial charge in [0.1, 0.15) is 0 Å². The van der Waals surface area contributed by atoms with Crippen LogP contribution in [0.4, 0.5) is 0 Å². The van der Waals surface area contributed by atoms with Crippen molar-refractivity contribution in [2.75, 3.05) is 32.8 Å². The van der Waals surface area contributed by atoms with Crippen LogP contribution in [0.1, 0.15) is 25.7 Å². The maximum absolute atomic E-state index is 9.03. The second-order valence-electron chi connectivity index (χ2n) is 4.05. The van der Waals surface area contributed by atoms with Crippen molar-refractivity contribution in [1.82, 2.24) is 4.90 Å². The summed E-state index contributed by atoms with van der Waals surface area (Å²) in [5.74, 6) is 0. The molecule has 0 bridgehead atoms. The third-order valence-corrected chi connectivity index (χ3v) is 3.31. The molecule has 84 valence electrons. The van der Waals surface area contributed by atoms with Gasteiger partial charge < -0.3 is 15.9 Å². The van der Waals surface area contributed by atoms with Crippen LogP contribution >= 0.6 is 0 Å². The number of likely N-dealkylation sites (tertiary alicyclic amines) is 1. The first-order valence-electron chi connectivity index (χ1n) is 5.46. The molecule has 1 saturated heterocycles. The standard InChI is InChI=1S/C10H22N2O2/c11-5-1-2-10(4-8-13)3-6-12(10)7-9-14/h13-14H,1-9,11H2. The third kappa shape index (κ3) is 2.45. The van der Waals surface area contributed by atoms with E-state index in [9.17, 15) is 0 Å². The van der Waals surface area contributed by atoms with Crippen molar-refractivity contribution >= 4 is 0 Å². The number of nitrogens with zero attached hydrogens (tertiary/aromatic N) is 1. The molecule has 4 nitrogen and oxygen atoms in total. The highest BCUT2D eigenvalue weighted by Gasteiger charge is 2.42. The Bertz CT molecular complexity index is 166. The summed E-state index contributed by atoms with van der Waals surface area (Å²) in [7, 11) is 0. The minimum Gasteiger partial charge on any atom is -0.396 e. The van der Waals surface area contributed by atoms with Gasteiger partial charge in [-0.05, 0) is 32.2 Å². The lowest BCUT2D eigenvalue weighted by Gasteiger charge is -2.53. The van der Waals surface area contributed by atoms with E-state index in [4.69, 9.17) is 15.9 Å². The summed E-state index contributed by atoms with van der Waals surface area (Å²) in [6, 6.07) is 0. The van der Waals surface area contributed by atoms with Crippen LogP contribution in [0.2, 0.25) is 0 Å². The second-order valence-corrected chi connectivity index (χ2v) is 4.05. The number of rotatable bonds is 7. The molecule has 1 aliphatic heterocycles. The van der Waals surface area contributed by atoms with E-state index < -0.39 is 0 Å². The molecule has 0 aromatic rings. The summed E-state index contributed by atoms with van der Waals surface area (Å²) in [4.78, 5) is 2.28. The molecule has 0 aromatic heterocycles. The Kier molecular flexibility index (Phi) is 4.81. The van der Waals surface area contributed by atoms with Crippen LogP contribution in [0.5, 0.6) is 0 Å². The molecule has 0 aromatic carbocycles. The molecule has 1 atom stereocenters. The Balaban J connectivity index is 2.44. The summed E-state index contributed by atoms with van der Waals surface area (Å²) in [5, 5.41) is 17.9. The van der Waals surface area contributed by atoms with Gasteiger partial charge in [-0.3, -0.25) is 4.90 Å². The van der Waals surface area contributed by atoms with Crippen LogP contribution < -0.4 is 5.73 Å². The molecule has 1 fully saturated rings. The minimum absolute atomic E-state index is 0.136. The highest BCUT2D eigenvalue weighted by molar-refractivity contribution is 4.99. The Morgan fingerprint density at radius 2 is 2.00 bits per heavy atom. The van der Waals surface area contributed by atoms with Gasteiger partial charge in [-0.15, -0.1) is 0 Å². The van der Waals surface area contributed by atoms with Gasteiger partial charge in [0, 0.05) is 25.2 Å². The Morgan fingerprint density at radius 1 is 1.21 bits per heavy atom. The maximum Gasteiger partial charge on any atom is 0.0558 e. The van der Waals surface area contributed by atoms with Crippen molar-refractivity contribution in [3.63, 3.8) is 0 Å². The Labute approximate surface area is 85.7 Å². The molecule has 0 saturated carbocycles. The molecular weight excluding hydrogens is 180 g/mol. The lowest BCUT2D eigenvalue weighted by atomic mass is 9.78. The van der Waals surface area contributed by atoms with E-state index >= 15 is 0 Å². The van der Waals surface area contributed by atoms with Gasteiger partial charge >= 0.3 is 0 Å². The van der Waals surface area contributed by atoms with Crippen molar-refractivity contribution in [3.05, 3.63) is 0 Å². The smallest absolute Gasteiger partial charge is 0.0558 e. The molecule has 1 unspecified atom stereocenters. The topological polar surface area (TPSA) is 69.7 Å². The lowest BCUT2D eigenvalue weighted by Crippen LogP contribution is -2.61. The average Bonchev–Trinajstić information content (AvgIpc) is 2.19. The van der Waals surface area contributed by atoms with Crippen LogP contribution in [-0.4, -0.2) is 53.5 Å². The van der Waals surface area contributed by atoms with Crippen molar-refractivity contribution < 1.29 is 10.2 Å². The second kappa shape index (κ2) is 5.66. The van der Waals surface area contributed by atoms with Crippen molar-refractivity contribution in [1.29, 1.82) is 0 Å². The minimum atomic E-state index is 0.136. The molecule has 1 rings (SSSR count).